The number of amides is 1. The average molecular weight is 373 g/mol. The minimum absolute atomic E-state index is 0.0142. The first kappa shape index (κ1) is 19.8. The molecule has 0 atom stereocenters. The smallest absolute Gasteiger partial charge is 0.343 e. The third kappa shape index (κ3) is 4.98. The molecule has 2 aromatic heterocycles. The Morgan fingerprint density at radius 2 is 2.00 bits per heavy atom. The molecule has 0 saturated carbocycles. The van der Waals surface area contributed by atoms with E-state index in [2.05, 4.69) is 10.1 Å². The van der Waals surface area contributed by atoms with Crippen molar-refractivity contribution in [3.05, 3.63) is 41.4 Å². The molecular weight excluding hydrogens is 354 g/mol. The van der Waals surface area contributed by atoms with E-state index in [0.29, 0.717) is 6.42 Å². The van der Waals surface area contributed by atoms with Crippen LogP contribution in [0.25, 0.3) is 5.88 Å². The van der Waals surface area contributed by atoms with Crippen LogP contribution in [-0.4, -0.2) is 42.7 Å². The quantitative estimate of drug-likeness (QED) is 0.549. The van der Waals surface area contributed by atoms with Crippen molar-refractivity contribution >= 4 is 17.8 Å². The number of esters is 2. The highest BCUT2D eigenvalue weighted by Gasteiger charge is 2.26. The summed E-state index contributed by atoms with van der Waals surface area (Å²) in [6.45, 7) is 1.28. The van der Waals surface area contributed by atoms with E-state index in [-0.39, 0.29) is 41.7 Å². The zero-order valence-electron chi connectivity index (χ0n) is 15.0. The number of aromatic nitrogens is 1. The van der Waals surface area contributed by atoms with Gasteiger partial charge in [-0.1, -0.05) is 0 Å². The fraction of sp³-hybridized carbons (Fsp3) is 0.333. The van der Waals surface area contributed by atoms with Gasteiger partial charge in [-0.2, -0.15) is 5.26 Å². The molecule has 2 aromatic rings. The molecule has 1 amide bonds. The lowest BCUT2D eigenvalue weighted by molar-refractivity contribution is -0.140. The molecule has 0 unspecified atom stereocenters. The van der Waals surface area contributed by atoms with Crippen molar-refractivity contribution in [1.82, 2.24) is 9.88 Å². The minimum Gasteiger partial charge on any atom is -0.469 e. The first-order valence-corrected chi connectivity index (χ1v) is 8.15. The van der Waals surface area contributed by atoms with E-state index in [9.17, 15) is 19.6 Å². The van der Waals surface area contributed by atoms with E-state index in [4.69, 9.17) is 9.15 Å². The van der Waals surface area contributed by atoms with Gasteiger partial charge in [-0.25, -0.2) is 4.79 Å². The molecule has 0 radical (unpaired) electrons. The Morgan fingerprint density at radius 3 is 2.63 bits per heavy atom. The second-order valence-electron chi connectivity index (χ2n) is 5.52. The predicted octanol–water partition coefficient (Wildman–Crippen LogP) is 1.48. The van der Waals surface area contributed by atoms with Gasteiger partial charge in [0.2, 0.25) is 5.88 Å². The maximum absolute atomic E-state index is 12.3. The van der Waals surface area contributed by atoms with Gasteiger partial charge in [0, 0.05) is 25.4 Å². The normalized spacial score (nSPS) is 10.1. The van der Waals surface area contributed by atoms with Crippen LogP contribution in [0.2, 0.25) is 0 Å². The lowest BCUT2D eigenvalue weighted by Crippen LogP contribution is -2.30. The molecular formula is C18H19N3O6. The van der Waals surface area contributed by atoms with Crippen molar-refractivity contribution in [2.45, 2.75) is 19.8 Å². The fourth-order valence-electron chi connectivity index (χ4n) is 2.35. The molecule has 0 aliphatic rings. The van der Waals surface area contributed by atoms with Crippen molar-refractivity contribution in [2.24, 2.45) is 0 Å². The number of nitrogens with zero attached hydrogens (tertiary/aromatic N) is 2. The van der Waals surface area contributed by atoms with Gasteiger partial charge in [-0.15, -0.1) is 0 Å². The first-order valence-electron chi connectivity index (χ1n) is 8.15. The molecule has 0 spiro atoms. The van der Waals surface area contributed by atoms with E-state index in [1.165, 1.54) is 14.0 Å². The van der Waals surface area contributed by atoms with Crippen LogP contribution in [0.3, 0.4) is 0 Å². The first-order chi connectivity index (χ1) is 13.0. The summed E-state index contributed by atoms with van der Waals surface area (Å²) in [6, 6.07) is 5.44. The van der Waals surface area contributed by atoms with Crippen molar-refractivity contribution in [3.8, 4) is 12.0 Å². The Balaban J connectivity index is 1.94. The lowest BCUT2D eigenvalue weighted by Gasteiger charge is -2.06. The number of carbonyl (C=O) groups excluding carboxylic acids is 3. The van der Waals surface area contributed by atoms with Crippen LogP contribution in [0, 0.1) is 18.3 Å². The number of hydrogen-bond acceptors (Lipinski definition) is 7. The monoisotopic (exact) mass is 373 g/mol. The highest BCUT2D eigenvalue weighted by Crippen LogP contribution is 2.26. The topological polar surface area (TPSA) is 124 Å². The SMILES string of the molecule is COC(=O)CCCNC(=O)COC(=O)c1c(C)oc(-n2cccc2)c1C#N. The second kappa shape index (κ2) is 9.24. The Labute approximate surface area is 155 Å². The van der Waals surface area contributed by atoms with Crippen LogP contribution in [0.5, 0.6) is 0 Å². The molecule has 0 bridgehead atoms. The number of nitriles is 1. The Morgan fingerprint density at radius 1 is 1.30 bits per heavy atom. The van der Waals surface area contributed by atoms with Gasteiger partial charge in [0.25, 0.3) is 5.91 Å². The van der Waals surface area contributed by atoms with Crippen molar-refractivity contribution in [3.63, 3.8) is 0 Å². The number of hydrogen-bond donors (Lipinski definition) is 1. The molecule has 9 nitrogen and oxygen atoms in total. The van der Waals surface area contributed by atoms with Gasteiger partial charge in [-0.3, -0.25) is 14.2 Å². The van der Waals surface area contributed by atoms with Crippen LogP contribution in [0.15, 0.2) is 28.9 Å². The Kier molecular flexibility index (Phi) is 6.77. The van der Waals surface area contributed by atoms with Gasteiger partial charge in [0.15, 0.2) is 6.61 Å². The number of ether oxygens (including phenoxy) is 2. The predicted molar refractivity (Wildman–Crippen MR) is 92.0 cm³/mol. The Bertz CT molecular complexity index is 861. The zero-order valence-corrected chi connectivity index (χ0v) is 15.0. The largest absolute Gasteiger partial charge is 0.469 e. The van der Waals surface area contributed by atoms with E-state index in [1.807, 2.05) is 6.07 Å². The van der Waals surface area contributed by atoms with Gasteiger partial charge in [0.1, 0.15) is 23.0 Å². The molecule has 0 aliphatic heterocycles. The summed E-state index contributed by atoms with van der Waals surface area (Å²) < 4.78 is 16.6. The molecule has 0 saturated heterocycles. The maximum Gasteiger partial charge on any atom is 0.343 e. The Hall–Kier alpha value is -3.54. The average Bonchev–Trinajstić information content (AvgIpc) is 3.30. The molecule has 2 heterocycles. The molecule has 2 rings (SSSR count). The number of methoxy groups -OCH3 is 1. The van der Waals surface area contributed by atoms with Crippen molar-refractivity contribution in [2.75, 3.05) is 20.3 Å². The number of aryl methyl sites for hydroxylation is 1. The third-order valence-corrected chi connectivity index (χ3v) is 3.66. The number of nitrogens with one attached hydrogen (secondary N) is 1. The molecule has 1 N–H and O–H groups in total. The van der Waals surface area contributed by atoms with Gasteiger partial charge in [0.05, 0.1) is 7.11 Å². The van der Waals surface area contributed by atoms with Crippen LogP contribution < -0.4 is 5.32 Å². The van der Waals surface area contributed by atoms with Crippen molar-refractivity contribution < 1.29 is 28.3 Å². The zero-order chi connectivity index (χ0) is 19.8. The summed E-state index contributed by atoms with van der Waals surface area (Å²) in [5.74, 6) is -1.28. The maximum atomic E-state index is 12.3. The summed E-state index contributed by atoms with van der Waals surface area (Å²) in [7, 11) is 1.29. The lowest BCUT2D eigenvalue weighted by atomic mass is 10.1. The molecule has 0 fully saturated rings. The van der Waals surface area contributed by atoms with Crippen LogP contribution in [0.1, 0.15) is 34.5 Å². The molecule has 142 valence electrons. The van der Waals surface area contributed by atoms with Crippen LogP contribution in [-0.2, 0) is 19.1 Å². The standard InChI is InChI=1S/C18H19N3O6/c1-12-16(13(10-19)17(27-12)21-8-3-4-9-21)18(24)26-11-14(22)20-7-5-6-15(23)25-2/h3-4,8-9H,5-7,11H2,1-2H3,(H,20,22). The molecule has 9 heteroatoms. The van der Waals surface area contributed by atoms with Crippen LogP contribution in [0.4, 0.5) is 0 Å². The van der Waals surface area contributed by atoms with Gasteiger partial charge < -0.3 is 19.2 Å². The number of rotatable bonds is 8. The second-order valence-corrected chi connectivity index (χ2v) is 5.52. The molecule has 27 heavy (non-hydrogen) atoms. The van der Waals surface area contributed by atoms with E-state index < -0.39 is 18.5 Å². The summed E-state index contributed by atoms with van der Waals surface area (Å²) in [4.78, 5) is 35.0. The van der Waals surface area contributed by atoms with Gasteiger partial charge >= 0.3 is 11.9 Å². The van der Waals surface area contributed by atoms with Crippen molar-refractivity contribution in [1.29, 1.82) is 5.26 Å². The summed E-state index contributed by atoms with van der Waals surface area (Å²) in [5, 5.41) is 11.9. The molecule has 0 aliphatic carbocycles. The highest BCUT2D eigenvalue weighted by atomic mass is 16.5. The van der Waals surface area contributed by atoms with Gasteiger partial charge in [-0.05, 0) is 25.5 Å². The molecule has 0 aromatic carbocycles. The highest BCUT2D eigenvalue weighted by molar-refractivity contribution is 5.95. The summed E-state index contributed by atoms with van der Waals surface area (Å²) >= 11 is 0. The van der Waals surface area contributed by atoms with E-state index in [0.717, 1.165) is 0 Å². The number of furan rings is 1. The summed E-state index contributed by atoms with van der Waals surface area (Å²) in [6.07, 6.45) is 3.94. The van der Waals surface area contributed by atoms with Crippen LogP contribution >= 0.6 is 0 Å². The minimum atomic E-state index is -0.823. The van der Waals surface area contributed by atoms with E-state index >= 15 is 0 Å². The third-order valence-electron chi connectivity index (χ3n) is 3.66. The summed E-state index contributed by atoms with van der Waals surface area (Å²) in [5.41, 5.74) is 0.0203. The fourth-order valence-corrected chi connectivity index (χ4v) is 2.35. The number of carbonyl (C=O) groups is 3. The van der Waals surface area contributed by atoms with E-state index in [1.54, 1.807) is 29.1 Å².